The van der Waals surface area contributed by atoms with Gasteiger partial charge >= 0.3 is 16.2 Å². The average Bonchev–Trinajstić information content (AvgIpc) is 3.43. The van der Waals surface area contributed by atoms with Gasteiger partial charge in [0.15, 0.2) is 23.2 Å². The lowest BCUT2D eigenvalue weighted by atomic mass is 10.1. The van der Waals surface area contributed by atoms with Crippen LogP contribution in [0.25, 0.3) is 11.2 Å². The topological polar surface area (TPSA) is 192 Å². The Morgan fingerprint density at radius 1 is 1.12 bits per heavy atom. The van der Waals surface area contributed by atoms with Crippen LogP contribution in [-0.4, -0.2) is 69.0 Å². The molecule has 4 atom stereocenters. The summed E-state index contributed by atoms with van der Waals surface area (Å²) in [5, 5.41) is 25.3. The molecule has 2 aromatic heterocycles. The molecule has 1 fully saturated rings. The number of halogens is 2. The number of anilines is 2. The van der Waals surface area contributed by atoms with Crippen LogP contribution in [0.2, 0.25) is 5.02 Å². The number of benzene rings is 2. The van der Waals surface area contributed by atoms with Crippen molar-refractivity contribution in [2.24, 2.45) is 0 Å². The fraction of sp³-hybridized carbons (Fsp3) is 0.250. The molecule has 2 aromatic carbocycles. The first kappa shape index (κ1) is 27.7. The molecule has 0 spiro atoms. The van der Waals surface area contributed by atoms with Gasteiger partial charge in [0.25, 0.3) is 0 Å². The largest absolute Gasteiger partial charge is 0.459 e. The second-order valence-corrected chi connectivity index (χ2v) is 10.6. The highest BCUT2D eigenvalue weighted by Crippen LogP contribution is 2.35. The molecular formula is C24H22ClFN6O7S. The molecule has 4 aromatic rings. The van der Waals surface area contributed by atoms with E-state index in [1.807, 2.05) is 12.1 Å². The number of esters is 1. The molecule has 0 amide bonds. The number of hydrogen-bond donors (Lipinski definition) is 4. The summed E-state index contributed by atoms with van der Waals surface area (Å²) in [5.41, 5.74) is 7.26. The van der Waals surface area contributed by atoms with Crippen molar-refractivity contribution in [1.29, 1.82) is 0 Å². The molecule has 13 nitrogen and oxygen atoms in total. The number of fused-ring (bicyclic) bond motifs is 1. The number of hydrogen-bond acceptors (Lipinski definition) is 12. The molecule has 5 N–H and O–H groups in total. The Hall–Kier alpha value is -3.89. The zero-order valence-corrected chi connectivity index (χ0v) is 22.0. The highest BCUT2D eigenvalue weighted by atomic mass is 35.5. The number of carbonyl (C=O) groups excluding carboxylic acids is 1. The van der Waals surface area contributed by atoms with E-state index in [0.717, 1.165) is 29.8 Å². The van der Waals surface area contributed by atoms with Crippen LogP contribution in [0, 0.1) is 0 Å². The third-order valence-corrected chi connectivity index (χ3v) is 7.30. The molecule has 16 heteroatoms. The highest BCUT2D eigenvalue weighted by molar-refractivity contribution is 7.86. The van der Waals surface area contributed by atoms with Crippen molar-refractivity contribution in [3.05, 3.63) is 71.0 Å². The maximum absolute atomic E-state index is 13.1. The fourth-order valence-corrected chi connectivity index (χ4v) is 4.74. The molecule has 5 rings (SSSR count). The predicted molar refractivity (Wildman–Crippen MR) is 139 cm³/mol. The number of nitrogen functional groups attached to an aromatic ring is 1. The van der Waals surface area contributed by atoms with Crippen LogP contribution >= 0.6 is 11.6 Å². The van der Waals surface area contributed by atoms with Gasteiger partial charge in [0.05, 0.1) is 10.5 Å². The van der Waals surface area contributed by atoms with Gasteiger partial charge in [0, 0.05) is 11.6 Å². The van der Waals surface area contributed by atoms with E-state index in [-0.39, 0.29) is 28.5 Å². The van der Waals surface area contributed by atoms with E-state index in [0.29, 0.717) is 11.6 Å². The van der Waals surface area contributed by atoms with Crippen molar-refractivity contribution in [1.82, 2.24) is 19.5 Å². The third-order valence-electron chi connectivity index (χ3n) is 6.21. The minimum absolute atomic E-state index is 0.0570. The van der Waals surface area contributed by atoms with Gasteiger partial charge in [-0.2, -0.15) is 8.42 Å². The van der Waals surface area contributed by atoms with Crippen LogP contribution in [0.3, 0.4) is 0 Å². The van der Waals surface area contributed by atoms with Gasteiger partial charge in [0.2, 0.25) is 5.95 Å². The van der Waals surface area contributed by atoms with Crippen molar-refractivity contribution in [2.75, 3.05) is 17.7 Å². The smallest absolute Gasteiger partial charge is 0.338 e. The van der Waals surface area contributed by atoms with Gasteiger partial charge in [-0.15, -0.1) is 3.89 Å². The Labute approximate surface area is 231 Å². The standard InChI is InChI=1S/C24H22ClFN6O7S/c25-14-5-1-12(2-6-14)9-28-24-31-17-20(27)29-11-30-21(17)32(24)22-19(34)18(33)16(39-22)10-38-23(35)13-3-7-15(8-4-13)40(26,36)37/h1-8,11,16,18-19,22,33-34H,9-10H2,(H,28,31)(H2,27,29,30)/t16-,18-,19-,22-/m1/s1. The monoisotopic (exact) mass is 592 g/mol. The summed E-state index contributed by atoms with van der Waals surface area (Å²) >= 11 is 5.96. The molecule has 0 saturated carbocycles. The Morgan fingerprint density at radius 2 is 1.82 bits per heavy atom. The first-order valence-electron chi connectivity index (χ1n) is 11.7. The average molecular weight is 593 g/mol. The normalized spacial score (nSPS) is 21.0. The number of nitrogens with two attached hydrogens (primary N) is 1. The SMILES string of the molecule is Nc1ncnc2c1nc(NCc1ccc(Cl)cc1)n2[C@@H]1O[C@H](COC(=O)c2ccc(S(=O)(=O)F)cc2)[C@@H](O)[C@H]1O. The van der Waals surface area contributed by atoms with Crippen LogP contribution in [0.5, 0.6) is 0 Å². The lowest BCUT2D eigenvalue weighted by Crippen LogP contribution is -2.34. The molecule has 1 aliphatic rings. The first-order valence-corrected chi connectivity index (χ1v) is 13.5. The van der Waals surface area contributed by atoms with Gasteiger partial charge in [-0.1, -0.05) is 23.7 Å². The molecule has 1 saturated heterocycles. The van der Waals surface area contributed by atoms with Gasteiger partial charge in [0.1, 0.15) is 31.2 Å². The van der Waals surface area contributed by atoms with Crippen LogP contribution < -0.4 is 11.1 Å². The Kier molecular flexibility index (Phi) is 7.57. The fourth-order valence-electron chi connectivity index (χ4n) is 4.15. The molecule has 210 valence electrons. The quantitative estimate of drug-likeness (QED) is 0.172. The van der Waals surface area contributed by atoms with E-state index in [9.17, 15) is 27.3 Å². The minimum Gasteiger partial charge on any atom is -0.459 e. The van der Waals surface area contributed by atoms with Crippen molar-refractivity contribution in [2.45, 2.75) is 36.0 Å². The van der Waals surface area contributed by atoms with Crippen molar-refractivity contribution >= 4 is 50.7 Å². The maximum Gasteiger partial charge on any atom is 0.338 e. The Balaban J connectivity index is 1.34. The number of imidazole rings is 1. The molecule has 40 heavy (non-hydrogen) atoms. The summed E-state index contributed by atoms with van der Waals surface area (Å²) < 4.78 is 47.6. The number of carbonyl (C=O) groups is 1. The summed E-state index contributed by atoms with van der Waals surface area (Å²) in [6, 6.07) is 11.1. The maximum atomic E-state index is 13.1. The van der Waals surface area contributed by atoms with Crippen LogP contribution in [0.1, 0.15) is 22.1 Å². The number of aromatic nitrogens is 4. The number of nitrogens with zero attached hydrogens (tertiary/aromatic N) is 4. The van der Waals surface area contributed by atoms with E-state index in [2.05, 4.69) is 20.3 Å². The molecule has 0 bridgehead atoms. The minimum atomic E-state index is -4.92. The Morgan fingerprint density at radius 3 is 2.50 bits per heavy atom. The second kappa shape index (κ2) is 10.9. The molecular weight excluding hydrogens is 571 g/mol. The van der Waals surface area contributed by atoms with Gasteiger partial charge in [-0.25, -0.2) is 19.7 Å². The predicted octanol–water partition coefficient (Wildman–Crippen LogP) is 1.81. The molecule has 0 aliphatic carbocycles. The molecule has 0 unspecified atom stereocenters. The summed E-state index contributed by atoms with van der Waals surface area (Å²) in [5.74, 6) is -0.576. The van der Waals surface area contributed by atoms with Gasteiger partial charge < -0.3 is 30.7 Å². The van der Waals surface area contributed by atoms with E-state index in [1.54, 1.807) is 12.1 Å². The summed E-state index contributed by atoms with van der Waals surface area (Å²) in [6.45, 7) is -0.156. The molecule has 0 radical (unpaired) electrons. The Bertz CT molecular complexity index is 1650. The van der Waals surface area contributed by atoms with E-state index < -0.39 is 52.2 Å². The zero-order valence-electron chi connectivity index (χ0n) is 20.4. The van der Waals surface area contributed by atoms with Gasteiger partial charge in [-0.05, 0) is 42.0 Å². The molecule has 3 heterocycles. The van der Waals surface area contributed by atoms with Crippen molar-refractivity contribution in [3.63, 3.8) is 0 Å². The van der Waals surface area contributed by atoms with Crippen molar-refractivity contribution in [3.8, 4) is 0 Å². The first-order chi connectivity index (χ1) is 19.0. The number of aliphatic hydroxyl groups excluding tert-OH is 2. The summed E-state index contributed by atoms with van der Waals surface area (Å²) in [4.78, 5) is 24.5. The van der Waals surface area contributed by atoms with E-state index in [1.165, 1.54) is 10.9 Å². The lowest BCUT2D eigenvalue weighted by Gasteiger charge is -2.19. The number of nitrogens with one attached hydrogen (secondary N) is 1. The highest BCUT2D eigenvalue weighted by Gasteiger charge is 2.46. The van der Waals surface area contributed by atoms with E-state index in [4.69, 9.17) is 26.8 Å². The van der Waals surface area contributed by atoms with Gasteiger partial charge in [-0.3, -0.25) is 4.57 Å². The third kappa shape index (κ3) is 5.55. The summed E-state index contributed by atoms with van der Waals surface area (Å²) in [7, 11) is -4.92. The second-order valence-electron chi connectivity index (χ2n) is 8.82. The van der Waals surface area contributed by atoms with Crippen LogP contribution in [0.4, 0.5) is 15.7 Å². The number of rotatable bonds is 8. The van der Waals surface area contributed by atoms with Crippen molar-refractivity contribution < 1.29 is 36.8 Å². The van der Waals surface area contributed by atoms with Crippen LogP contribution in [-0.2, 0) is 26.2 Å². The zero-order chi connectivity index (χ0) is 28.6. The molecule has 1 aliphatic heterocycles. The number of ether oxygens (including phenoxy) is 2. The van der Waals surface area contributed by atoms with Crippen LogP contribution in [0.15, 0.2) is 59.8 Å². The number of aliphatic hydroxyl groups is 2. The van der Waals surface area contributed by atoms with E-state index >= 15 is 0 Å². The summed E-state index contributed by atoms with van der Waals surface area (Å²) in [6.07, 6.45) is -4.11. The lowest BCUT2D eigenvalue weighted by molar-refractivity contribution is -0.0557.